The molecule has 2 rings (SSSR count). The van der Waals surface area contributed by atoms with E-state index in [1.165, 1.54) is 34.8 Å². The van der Waals surface area contributed by atoms with E-state index < -0.39 is 54.5 Å². The molecule has 1 amide bonds. The van der Waals surface area contributed by atoms with Crippen molar-refractivity contribution in [1.82, 2.24) is 5.32 Å². The summed E-state index contributed by atoms with van der Waals surface area (Å²) >= 11 is 0. The SMILES string of the molecule is C/C=C/c1ccc(O[C@H]2O[C@@H](COC(C)=O)[C@@H](OC(C)=O)[C@@H](OC(C)=O)[C@@H]2NC(C)=O)c(OC)c1. The minimum absolute atomic E-state index is 0.278. The maximum Gasteiger partial charge on any atom is 0.303 e. The van der Waals surface area contributed by atoms with Crippen LogP contribution in [0.1, 0.15) is 40.2 Å². The lowest BCUT2D eigenvalue weighted by atomic mass is 9.96. The first kappa shape index (κ1) is 27.6. The summed E-state index contributed by atoms with van der Waals surface area (Å²) in [5.41, 5.74) is 0.861. The quantitative estimate of drug-likeness (QED) is 0.400. The molecule has 35 heavy (non-hydrogen) atoms. The van der Waals surface area contributed by atoms with Crippen molar-refractivity contribution in [3.63, 3.8) is 0 Å². The molecule has 0 aromatic heterocycles. The Balaban J connectivity index is 2.51. The third kappa shape index (κ3) is 7.99. The van der Waals surface area contributed by atoms with Gasteiger partial charge in [-0.25, -0.2) is 0 Å². The molecule has 0 aliphatic carbocycles. The van der Waals surface area contributed by atoms with Crippen molar-refractivity contribution in [3.05, 3.63) is 29.8 Å². The van der Waals surface area contributed by atoms with Crippen molar-refractivity contribution in [3.8, 4) is 11.5 Å². The molecule has 1 aliphatic heterocycles. The maximum atomic E-state index is 12.0. The monoisotopic (exact) mass is 493 g/mol. The van der Waals surface area contributed by atoms with Crippen LogP contribution in [0.2, 0.25) is 0 Å². The summed E-state index contributed by atoms with van der Waals surface area (Å²) in [5.74, 6) is -1.79. The van der Waals surface area contributed by atoms with Gasteiger partial charge in [-0.05, 0) is 24.6 Å². The van der Waals surface area contributed by atoms with Gasteiger partial charge in [0.15, 0.2) is 23.7 Å². The van der Waals surface area contributed by atoms with Crippen molar-refractivity contribution in [1.29, 1.82) is 0 Å². The number of esters is 3. The molecule has 1 N–H and O–H groups in total. The van der Waals surface area contributed by atoms with Gasteiger partial charge in [0.05, 0.1) is 7.11 Å². The zero-order valence-corrected chi connectivity index (χ0v) is 20.6. The van der Waals surface area contributed by atoms with Crippen LogP contribution < -0.4 is 14.8 Å². The fourth-order valence-corrected chi connectivity index (χ4v) is 3.59. The van der Waals surface area contributed by atoms with Crippen LogP contribution in [0.3, 0.4) is 0 Å². The van der Waals surface area contributed by atoms with Gasteiger partial charge >= 0.3 is 17.9 Å². The third-order valence-corrected chi connectivity index (χ3v) is 4.86. The Morgan fingerprint density at radius 2 is 1.63 bits per heavy atom. The highest BCUT2D eigenvalue weighted by molar-refractivity contribution is 5.73. The van der Waals surface area contributed by atoms with Crippen LogP contribution in [-0.2, 0) is 38.1 Å². The van der Waals surface area contributed by atoms with Gasteiger partial charge in [-0.3, -0.25) is 19.2 Å². The van der Waals surface area contributed by atoms with Crippen LogP contribution in [0.15, 0.2) is 24.3 Å². The number of hydrogen-bond donors (Lipinski definition) is 1. The number of amides is 1. The summed E-state index contributed by atoms with van der Waals surface area (Å²) in [4.78, 5) is 47.3. The number of carbonyl (C=O) groups is 4. The molecule has 0 radical (unpaired) electrons. The summed E-state index contributed by atoms with van der Waals surface area (Å²) in [5, 5.41) is 2.65. The van der Waals surface area contributed by atoms with Gasteiger partial charge in [0.1, 0.15) is 18.8 Å². The molecule has 0 spiro atoms. The van der Waals surface area contributed by atoms with E-state index in [1.807, 2.05) is 19.1 Å². The minimum atomic E-state index is -1.24. The summed E-state index contributed by atoms with van der Waals surface area (Å²) in [7, 11) is 1.47. The van der Waals surface area contributed by atoms with Gasteiger partial charge in [0.2, 0.25) is 12.2 Å². The number of carbonyl (C=O) groups excluding carboxylic acids is 4. The second-order valence-electron chi connectivity index (χ2n) is 7.75. The predicted molar refractivity (Wildman–Crippen MR) is 122 cm³/mol. The molecule has 1 saturated heterocycles. The third-order valence-electron chi connectivity index (χ3n) is 4.86. The summed E-state index contributed by atoms with van der Waals surface area (Å²) in [6, 6.07) is 4.10. The first-order chi connectivity index (χ1) is 16.5. The molecule has 192 valence electrons. The Kier molecular flexibility index (Phi) is 10.1. The Morgan fingerprint density at radius 3 is 2.17 bits per heavy atom. The van der Waals surface area contributed by atoms with Gasteiger partial charge in [-0.1, -0.05) is 18.2 Å². The molecule has 1 fully saturated rings. The highest BCUT2D eigenvalue weighted by Gasteiger charge is 2.52. The van der Waals surface area contributed by atoms with Crippen LogP contribution >= 0.6 is 0 Å². The number of benzene rings is 1. The second kappa shape index (κ2) is 12.7. The van der Waals surface area contributed by atoms with Crippen LogP contribution in [-0.4, -0.2) is 68.2 Å². The molecule has 1 aromatic carbocycles. The first-order valence-corrected chi connectivity index (χ1v) is 10.9. The number of rotatable bonds is 9. The van der Waals surface area contributed by atoms with Crippen LogP contribution in [0.5, 0.6) is 11.5 Å². The smallest absolute Gasteiger partial charge is 0.303 e. The fraction of sp³-hybridized carbons (Fsp3) is 0.500. The number of hydrogen-bond acceptors (Lipinski definition) is 10. The minimum Gasteiger partial charge on any atom is -0.493 e. The highest BCUT2D eigenvalue weighted by Crippen LogP contribution is 2.34. The Bertz CT molecular complexity index is 960. The highest BCUT2D eigenvalue weighted by atomic mass is 16.7. The van der Waals surface area contributed by atoms with E-state index in [0.717, 1.165) is 5.56 Å². The van der Waals surface area contributed by atoms with Gasteiger partial charge in [-0.2, -0.15) is 0 Å². The molecule has 1 aromatic rings. The van der Waals surface area contributed by atoms with E-state index in [9.17, 15) is 19.2 Å². The van der Waals surface area contributed by atoms with E-state index in [2.05, 4.69) is 5.32 Å². The molecule has 11 heteroatoms. The summed E-state index contributed by atoms with van der Waals surface area (Å²) in [6.07, 6.45) is -0.990. The standard InChI is InChI=1S/C24H31NO10/c1-7-8-17-9-10-18(19(11-17)30-6)34-24-21(25-13(2)26)23(33-16(5)29)22(32-15(4)28)20(35-24)12-31-14(3)27/h7-11,20-24H,12H2,1-6H3,(H,25,26)/b8-7+/t20-,21-,22+,23-,24-/m0/s1. The Hall–Kier alpha value is -3.60. The normalized spacial score (nSPS) is 23.8. The van der Waals surface area contributed by atoms with E-state index in [0.29, 0.717) is 5.75 Å². The van der Waals surface area contributed by atoms with E-state index >= 15 is 0 Å². The second-order valence-corrected chi connectivity index (χ2v) is 7.75. The molecule has 0 unspecified atom stereocenters. The average Bonchev–Trinajstić information content (AvgIpc) is 2.76. The van der Waals surface area contributed by atoms with Crippen molar-refractivity contribution >= 4 is 29.9 Å². The molecule has 11 nitrogen and oxygen atoms in total. The average molecular weight is 494 g/mol. The molecule has 0 saturated carbocycles. The lowest BCUT2D eigenvalue weighted by Gasteiger charge is -2.44. The van der Waals surface area contributed by atoms with Crippen molar-refractivity contribution < 1.29 is 47.6 Å². The zero-order valence-electron chi connectivity index (χ0n) is 20.6. The number of nitrogens with one attached hydrogen (secondary N) is 1. The molecule has 5 atom stereocenters. The van der Waals surface area contributed by atoms with Crippen LogP contribution in [0.25, 0.3) is 6.08 Å². The van der Waals surface area contributed by atoms with Crippen molar-refractivity contribution in [2.24, 2.45) is 0 Å². The largest absolute Gasteiger partial charge is 0.493 e. The topological polar surface area (TPSA) is 136 Å². The van der Waals surface area contributed by atoms with E-state index in [4.69, 9.17) is 28.4 Å². The van der Waals surface area contributed by atoms with Gasteiger partial charge in [0, 0.05) is 27.7 Å². The van der Waals surface area contributed by atoms with E-state index in [-0.39, 0.29) is 12.4 Å². The zero-order chi connectivity index (χ0) is 26.1. The predicted octanol–water partition coefficient (Wildman–Crippen LogP) is 1.76. The van der Waals surface area contributed by atoms with Gasteiger partial charge < -0.3 is 33.7 Å². The van der Waals surface area contributed by atoms with Crippen molar-refractivity contribution in [2.75, 3.05) is 13.7 Å². The van der Waals surface area contributed by atoms with Gasteiger partial charge in [-0.15, -0.1) is 0 Å². The lowest BCUT2D eigenvalue weighted by Crippen LogP contribution is -2.67. The Morgan fingerprint density at radius 1 is 0.971 bits per heavy atom. The number of allylic oxidation sites excluding steroid dienone is 1. The van der Waals surface area contributed by atoms with Crippen molar-refractivity contribution in [2.45, 2.75) is 65.3 Å². The lowest BCUT2D eigenvalue weighted by molar-refractivity contribution is -0.257. The molecule has 1 aliphatic rings. The molecule has 0 bridgehead atoms. The first-order valence-electron chi connectivity index (χ1n) is 10.9. The summed E-state index contributed by atoms with van der Waals surface area (Å²) < 4.78 is 33.4. The van der Waals surface area contributed by atoms with Crippen LogP contribution in [0, 0.1) is 0 Å². The van der Waals surface area contributed by atoms with Crippen LogP contribution in [0.4, 0.5) is 0 Å². The van der Waals surface area contributed by atoms with E-state index in [1.54, 1.807) is 18.2 Å². The molecular formula is C24H31NO10. The molecular weight excluding hydrogens is 462 g/mol. The Labute approximate surface area is 203 Å². The fourth-order valence-electron chi connectivity index (χ4n) is 3.59. The van der Waals surface area contributed by atoms with Gasteiger partial charge in [0.25, 0.3) is 0 Å². The number of ether oxygens (including phenoxy) is 6. The maximum absolute atomic E-state index is 12.0. The summed E-state index contributed by atoms with van der Waals surface area (Å²) in [6.45, 7) is 6.36. The number of methoxy groups -OCH3 is 1. The molecule has 1 heterocycles.